The molecule has 1 aliphatic rings. The summed E-state index contributed by atoms with van der Waals surface area (Å²) in [6, 6.07) is 21.1. The Morgan fingerprint density at radius 2 is 1.85 bits per heavy atom. The van der Waals surface area contributed by atoms with Crippen LogP contribution in [0.1, 0.15) is 16.7 Å². The number of thiocarbonyl (C=S) groups is 1. The van der Waals surface area contributed by atoms with Gasteiger partial charge < -0.3 is 9.84 Å². The van der Waals surface area contributed by atoms with E-state index in [1.807, 2.05) is 30.3 Å². The number of amides is 1. The fourth-order valence-electron chi connectivity index (χ4n) is 4.10. The van der Waals surface area contributed by atoms with Crippen LogP contribution in [0.15, 0.2) is 83.8 Å². The van der Waals surface area contributed by atoms with Gasteiger partial charge in [0, 0.05) is 17.4 Å². The molecule has 1 saturated heterocycles. The molecule has 0 bridgehead atoms. The molecule has 0 radical (unpaired) electrons. The standard InChI is InChI=1S/C29H20ClFN2O4S2/c30-26-20(13-19-14-22(10-11-23(19)32-26)37-16-18-6-8-21(31)9-7-18)15-25-27(34)33(29(38)39-25)24(28(35)36)12-17-4-2-1-3-5-17/h1-11,13-15,24H,12,16H2,(H,35,36)/b25-15-/t24-/m0/s1. The topological polar surface area (TPSA) is 79.7 Å². The number of ether oxygens (including phenoxy) is 1. The van der Waals surface area contributed by atoms with Gasteiger partial charge in [-0.1, -0.05) is 78.0 Å². The number of carboxylic acids is 1. The van der Waals surface area contributed by atoms with Crippen molar-refractivity contribution in [3.05, 3.63) is 111 Å². The molecule has 4 aromatic rings. The highest BCUT2D eigenvalue weighted by molar-refractivity contribution is 8.26. The maximum Gasteiger partial charge on any atom is 0.327 e. The van der Waals surface area contributed by atoms with E-state index in [1.54, 1.807) is 42.5 Å². The number of halogens is 2. The van der Waals surface area contributed by atoms with Crippen molar-refractivity contribution in [2.45, 2.75) is 19.1 Å². The summed E-state index contributed by atoms with van der Waals surface area (Å²) in [5.74, 6) is -1.37. The maximum atomic E-state index is 13.3. The number of fused-ring (bicyclic) bond motifs is 1. The summed E-state index contributed by atoms with van der Waals surface area (Å²) < 4.78 is 19.2. The summed E-state index contributed by atoms with van der Waals surface area (Å²) in [5.41, 5.74) is 2.71. The first-order valence-electron chi connectivity index (χ1n) is 11.8. The summed E-state index contributed by atoms with van der Waals surface area (Å²) in [6.07, 6.45) is 1.69. The average molecular weight is 579 g/mol. The molecule has 0 unspecified atom stereocenters. The van der Waals surface area contributed by atoms with Gasteiger partial charge in [0.05, 0.1) is 10.4 Å². The first kappa shape index (κ1) is 26.8. The van der Waals surface area contributed by atoms with Crippen LogP contribution in [-0.2, 0) is 22.6 Å². The number of rotatable bonds is 8. The molecule has 2 heterocycles. The quantitative estimate of drug-likeness (QED) is 0.145. The van der Waals surface area contributed by atoms with Crippen molar-refractivity contribution in [3.63, 3.8) is 0 Å². The van der Waals surface area contributed by atoms with Crippen molar-refractivity contribution in [3.8, 4) is 5.75 Å². The summed E-state index contributed by atoms with van der Waals surface area (Å²) in [5, 5.41) is 10.8. The Hall–Kier alpha value is -3.79. The van der Waals surface area contributed by atoms with E-state index in [1.165, 1.54) is 12.1 Å². The Kier molecular flexibility index (Phi) is 7.92. The fraction of sp³-hybridized carbons (Fsp3) is 0.103. The second kappa shape index (κ2) is 11.5. The molecule has 1 aromatic heterocycles. The van der Waals surface area contributed by atoms with Crippen molar-refractivity contribution in [2.75, 3.05) is 0 Å². The van der Waals surface area contributed by atoms with E-state index in [0.717, 1.165) is 33.2 Å². The van der Waals surface area contributed by atoms with Crippen LogP contribution in [0.25, 0.3) is 17.0 Å². The van der Waals surface area contributed by atoms with Gasteiger partial charge in [-0.25, -0.2) is 14.2 Å². The van der Waals surface area contributed by atoms with E-state index in [2.05, 4.69) is 4.98 Å². The number of benzene rings is 3. The van der Waals surface area contributed by atoms with Gasteiger partial charge in [0.25, 0.3) is 5.91 Å². The van der Waals surface area contributed by atoms with Gasteiger partial charge >= 0.3 is 5.97 Å². The minimum absolute atomic E-state index is 0.120. The van der Waals surface area contributed by atoms with E-state index >= 15 is 0 Å². The molecule has 6 nitrogen and oxygen atoms in total. The lowest BCUT2D eigenvalue weighted by atomic mass is 10.0. The fourth-order valence-corrected chi connectivity index (χ4v) is 5.65. The van der Waals surface area contributed by atoms with Gasteiger partial charge in [0.15, 0.2) is 0 Å². The molecule has 0 spiro atoms. The van der Waals surface area contributed by atoms with E-state index in [4.69, 9.17) is 28.6 Å². The van der Waals surface area contributed by atoms with Gasteiger partial charge in [-0.15, -0.1) is 0 Å². The molecule has 196 valence electrons. The average Bonchev–Trinajstić information content (AvgIpc) is 3.20. The van der Waals surface area contributed by atoms with Crippen molar-refractivity contribution in [2.24, 2.45) is 0 Å². The Balaban J connectivity index is 1.39. The van der Waals surface area contributed by atoms with Crippen LogP contribution in [0.2, 0.25) is 5.15 Å². The Labute approximate surface area is 238 Å². The highest BCUT2D eigenvalue weighted by Gasteiger charge is 2.40. The first-order chi connectivity index (χ1) is 18.8. The molecule has 0 saturated carbocycles. The molecule has 1 N–H and O–H groups in total. The molecular formula is C29H20ClFN2O4S2. The Morgan fingerprint density at radius 1 is 1.10 bits per heavy atom. The molecule has 1 amide bonds. The number of pyridine rings is 1. The number of hydrogen-bond donors (Lipinski definition) is 1. The van der Waals surface area contributed by atoms with E-state index in [0.29, 0.717) is 16.8 Å². The third-order valence-electron chi connectivity index (χ3n) is 6.06. The van der Waals surface area contributed by atoms with Crippen molar-refractivity contribution in [1.29, 1.82) is 0 Å². The first-order valence-corrected chi connectivity index (χ1v) is 13.4. The number of nitrogens with zero attached hydrogens (tertiary/aromatic N) is 2. The SMILES string of the molecule is O=C(O)[C@H](Cc1ccccc1)N1C(=O)/C(=C/c2cc3cc(OCc4ccc(F)cc4)ccc3nc2Cl)SC1=S. The molecule has 5 rings (SSSR count). The number of thioether (sulfide) groups is 1. The minimum Gasteiger partial charge on any atom is -0.489 e. The van der Waals surface area contributed by atoms with Gasteiger partial charge in [-0.2, -0.15) is 0 Å². The lowest BCUT2D eigenvalue weighted by Gasteiger charge is -2.23. The van der Waals surface area contributed by atoms with Gasteiger partial charge in [-0.05, 0) is 53.6 Å². The lowest BCUT2D eigenvalue weighted by molar-refractivity contribution is -0.145. The zero-order valence-corrected chi connectivity index (χ0v) is 22.6. The van der Waals surface area contributed by atoms with Crippen LogP contribution in [0.5, 0.6) is 5.75 Å². The number of carbonyl (C=O) groups is 2. The maximum absolute atomic E-state index is 13.3. The largest absolute Gasteiger partial charge is 0.489 e. The second-order valence-electron chi connectivity index (χ2n) is 8.73. The molecule has 1 atom stereocenters. The second-order valence-corrected chi connectivity index (χ2v) is 10.8. The Morgan fingerprint density at radius 3 is 2.56 bits per heavy atom. The van der Waals surface area contributed by atoms with Crippen LogP contribution in [0.4, 0.5) is 4.39 Å². The zero-order valence-electron chi connectivity index (χ0n) is 20.2. The molecule has 3 aromatic carbocycles. The van der Waals surface area contributed by atoms with Crippen molar-refractivity contribution in [1.82, 2.24) is 9.88 Å². The van der Waals surface area contributed by atoms with Crippen molar-refractivity contribution < 1.29 is 23.8 Å². The molecule has 1 fully saturated rings. The number of hydrogen-bond acceptors (Lipinski definition) is 6. The number of carboxylic acid groups (broad SMARTS) is 1. The van der Waals surface area contributed by atoms with Crippen LogP contribution < -0.4 is 4.74 Å². The molecule has 1 aliphatic heterocycles. The smallest absolute Gasteiger partial charge is 0.327 e. The van der Waals surface area contributed by atoms with Gasteiger partial charge in [-0.3, -0.25) is 9.69 Å². The van der Waals surface area contributed by atoms with Crippen LogP contribution in [-0.4, -0.2) is 37.2 Å². The third-order valence-corrected chi connectivity index (χ3v) is 7.70. The molecule has 39 heavy (non-hydrogen) atoms. The predicted octanol–water partition coefficient (Wildman–Crippen LogP) is 6.50. The molecular weight excluding hydrogens is 559 g/mol. The highest BCUT2D eigenvalue weighted by Crippen LogP contribution is 2.36. The van der Waals surface area contributed by atoms with Gasteiger partial charge in [0.1, 0.15) is 33.7 Å². The molecule has 0 aliphatic carbocycles. The lowest BCUT2D eigenvalue weighted by Crippen LogP contribution is -2.45. The molecule has 10 heteroatoms. The summed E-state index contributed by atoms with van der Waals surface area (Å²) in [6.45, 7) is 0.260. The van der Waals surface area contributed by atoms with Crippen LogP contribution in [0, 0.1) is 5.82 Å². The Bertz CT molecular complexity index is 1610. The summed E-state index contributed by atoms with van der Waals surface area (Å²) in [4.78, 5) is 31.2. The van der Waals surface area contributed by atoms with Crippen molar-refractivity contribution >= 4 is 68.8 Å². The van der Waals surface area contributed by atoms with Crippen LogP contribution in [0.3, 0.4) is 0 Å². The zero-order chi connectivity index (χ0) is 27.5. The van der Waals surface area contributed by atoms with Crippen LogP contribution >= 0.6 is 35.6 Å². The summed E-state index contributed by atoms with van der Waals surface area (Å²) >= 11 is 12.9. The predicted molar refractivity (Wildman–Crippen MR) is 154 cm³/mol. The van der Waals surface area contributed by atoms with Gasteiger partial charge in [0.2, 0.25) is 0 Å². The monoisotopic (exact) mass is 578 g/mol. The number of aliphatic carboxylic acids is 1. The third kappa shape index (κ3) is 6.11. The number of aromatic nitrogens is 1. The van der Waals surface area contributed by atoms with E-state index in [9.17, 15) is 19.1 Å². The van der Waals surface area contributed by atoms with E-state index in [-0.39, 0.29) is 33.2 Å². The highest BCUT2D eigenvalue weighted by atomic mass is 35.5. The number of carbonyl (C=O) groups excluding carboxylic acids is 1. The van der Waals surface area contributed by atoms with E-state index < -0.39 is 17.9 Å². The summed E-state index contributed by atoms with van der Waals surface area (Å²) in [7, 11) is 0. The normalized spacial score (nSPS) is 15.2. The minimum atomic E-state index is -1.14.